The van der Waals surface area contributed by atoms with Crippen molar-refractivity contribution in [3.8, 4) is 5.75 Å². The van der Waals surface area contributed by atoms with E-state index in [4.69, 9.17) is 4.74 Å². The van der Waals surface area contributed by atoms with Crippen molar-refractivity contribution in [2.45, 2.75) is 6.54 Å². The highest BCUT2D eigenvalue weighted by Gasteiger charge is 2.07. The molecule has 0 aliphatic rings. The second-order valence-corrected chi connectivity index (χ2v) is 5.91. The number of nitro groups is 1. The lowest BCUT2D eigenvalue weighted by Crippen LogP contribution is -2.40. The van der Waals surface area contributed by atoms with Crippen LogP contribution in [0, 0.1) is 10.1 Å². The van der Waals surface area contributed by atoms with E-state index < -0.39 is 4.92 Å². The molecule has 0 atom stereocenters. The van der Waals surface area contributed by atoms with E-state index in [1.807, 2.05) is 36.2 Å². The van der Waals surface area contributed by atoms with Crippen molar-refractivity contribution in [2.75, 3.05) is 39.6 Å². The molecule has 0 aliphatic carbocycles. The highest BCUT2D eigenvalue weighted by molar-refractivity contribution is 5.79. The molecule has 2 aromatic carbocycles. The van der Waals surface area contributed by atoms with Crippen LogP contribution in [0.1, 0.15) is 5.56 Å². The van der Waals surface area contributed by atoms with Gasteiger partial charge in [-0.2, -0.15) is 0 Å². The summed E-state index contributed by atoms with van der Waals surface area (Å²) in [6.07, 6.45) is 0. The van der Waals surface area contributed by atoms with Crippen LogP contribution in [0.25, 0.3) is 0 Å². The molecule has 0 spiro atoms. The van der Waals surface area contributed by atoms with Gasteiger partial charge in [-0.15, -0.1) is 0 Å². The monoisotopic (exact) mass is 371 g/mol. The average molecular weight is 371 g/mol. The van der Waals surface area contributed by atoms with Crippen molar-refractivity contribution >= 4 is 17.3 Å². The summed E-state index contributed by atoms with van der Waals surface area (Å²) in [6.45, 7) is 2.04. The van der Waals surface area contributed by atoms with Crippen molar-refractivity contribution in [3.05, 3.63) is 64.2 Å². The summed E-state index contributed by atoms with van der Waals surface area (Å²) in [5.41, 5.74) is 2.08. The zero-order valence-corrected chi connectivity index (χ0v) is 15.8. The van der Waals surface area contributed by atoms with E-state index in [-0.39, 0.29) is 5.69 Å². The van der Waals surface area contributed by atoms with Gasteiger partial charge in [-0.05, 0) is 29.8 Å². The maximum Gasteiger partial charge on any atom is 0.269 e. The van der Waals surface area contributed by atoms with E-state index in [1.165, 1.54) is 12.1 Å². The van der Waals surface area contributed by atoms with E-state index in [0.717, 1.165) is 29.5 Å². The first-order valence-electron chi connectivity index (χ1n) is 8.56. The fourth-order valence-corrected chi connectivity index (χ4v) is 2.55. The first kappa shape index (κ1) is 20.0. The number of ether oxygens (including phenoxy) is 1. The fraction of sp³-hybridized carbons (Fsp3) is 0.316. The molecule has 144 valence electrons. The third kappa shape index (κ3) is 6.18. The Morgan fingerprint density at radius 3 is 2.37 bits per heavy atom. The highest BCUT2D eigenvalue weighted by Crippen LogP contribution is 2.15. The van der Waals surface area contributed by atoms with E-state index in [0.29, 0.717) is 13.1 Å². The molecule has 0 saturated carbocycles. The van der Waals surface area contributed by atoms with Gasteiger partial charge in [0.2, 0.25) is 0 Å². The number of rotatable bonds is 8. The zero-order valence-electron chi connectivity index (χ0n) is 15.8. The van der Waals surface area contributed by atoms with Gasteiger partial charge < -0.3 is 20.3 Å². The van der Waals surface area contributed by atoms with Gasteiger partial charge >= 0.3 is 0 Å². The Bertz CT molecular complexity index is 760. The molecule has 0 radical (unpaired) electrons. The van der Waals surface area contributed by atoms with Crippen LogP contribution in [0.15, 0.2) is 53.5 Å². The number of non-ortho nitro benzene ring substituents is 1. The number of anilines is 1. The Kier molecular flexibility index (Phi) is 7.42. The number of benzene rings is 2. The number of hydrogen-bond acceptors (Lipinski definition) is 5. The number of nitrogens with zero attached hydrogens (tertiary/aromatic N) is 3. The van der Waals surface area contributed by atoms with Crippen molar-refractivity contribution in [3.63, 3.8) is 0 Å². The van der Waals surface area contributed by atoms with Crippen molar-refractivity contribution < 1.29 is 9.66 Å². The number of aliphatic imine (C=N–C) groups is 1. The second-order valence-electron chi connectivity index (χ2n) is 5.91. The Morgan fingerprint density at radius 2 is 1.81 bits per heavy atom. The zero-order chi connectivity index (χ0) is 19.6. The Hall–Kier alpha value is -3.29. The molecule has 8 nitrogen and oxygen atoms in total. The summed E-state index contributed by atoms with van der Waals surface area (Å²) in [6, 6.07) is 14.3. The normalized spacial score (nSPS) is 11.0. The van der Waals surface area contributed by atoms with Gasteiger partial charge in [0, 0.05) is 51.5 Å². The summed E-state index contributed by atoms with van der Waals surface area (Å²) >= 11 is 0. The highest BCUT2D eigenvalue weighted by atomic mass is 16.6. The fourth-order valence-electron chi connectivity index (χ4n) is 2.55. The Balaban J connectivity index is 1.77. The quantitative estimate of drug-likeness (QED) is 0.244. The smallest absolute Gasteiger partial charge is 0.269 e. The van der Waals surface area contributed by atoms with Gasteiger partial charge in [-0.25, -0.2) is 0 Å². The lowest BCUT2D eigenvalue weighted by molar-refractivity contribution is -0.384. The van der Waals surface area contributed by atoms with Crippen molar-refractivity contribution in [2.24, 2.45) is 4.99 Å². The van der Waals surface area contributed by atoms with Gasteiger partial charge in [-0.1, -0.05) is 12.1 Å². The largest absolute Gasteiger partial charge is 0.497 e. The molecule has 0 aliphatic heterocycles. The third-order valence-corrected chi connectivity index (χ3v) is 3.97. The van der Waals surface area contributed by atoms with Crippen LogP contribution < -0.4 is 15.4 Å². The number of methoxy groups -OCH3 is 1. The van der Waals surface area contributed by atoms with Crippen LogP contribution in [-0.4, -0.2) is 50.1 Å². The molecule has 0 amide bonds. The molecule has 0 fully saturated rings. The molecule has 0 bridgehead atoms. The Morgan fingerprint density at radius 1 is 1.15 bits per heavy atom. The molecule has 27 heavy (non-hydrogen) atoms. The molecule has 8 heteroatoms. The summed E-state index contributed by atoms with van der Waals surface area (Å²) in [7, 11) is 5.37. The molecule has 0 heterocycles. The minimum atomic E-state index is -0.409. The molecule has 0 saturated heterocycles. The number of nitro benzene ring substituents is 1. The summed E-state index contributed by atoms with van der Waals surface area (Å²) in [4.78, 5) is 16.6. The first-order valence-corrected chi connectivity index (χ1v) is 8.56. The van der Waals surface area contributed by atoms with Gasteiger partial charge in [0.1, 0.15) is 5.75 Å². The van der Waals surface area contributed by atoms with Crippen molar-refractivity contribution in [1.29, 1.82) is 0 Å². The third-order valence-electron chi connectivity index (χ3n) is 3.97. The van der Waals surface area contributed by atoms with E-state index in [2.05, 4.69) is 15.6 Å². The topological polar surface area (TPSA) is 92.0 Å². The van der Waals surface area contributed by atoms with E-state index >= 15 is 0 Å². The molecule has 2 N–H and O–H groups in total. The van der Waals surface area contributed by atoms with Gasteiger partial charge in [0.15, 0.2) is 5.96 Å². The van der Waals surface area contributed by atoms with Crippen LogP contribution in [-0.2, 0) is 6.54 Å². The molecular weight excluding hydrogens is 346 g/mol. The minimum absolute atomic E-state index is 0.0826. The summed E-state index contributed by atoms with van der Waals surface area (Å²) < 4.78 is 5.17. The van der Waals surface area contributed by atoms with E-state index in [1.54, 1.807) is 26.3 Å². The maximum absolute atomic E-state index is 10.7. The van der Waals surface area contributed by atoms with E-state index in [9.17, 15) is 10.1 Å². The average Bonchev–Trinajstić information content (AvgIpc) is 2.69. The lowest BCUT2D eigenvalue weighted by Gasteiger charge is -2.22. The van der Waals surface area contributed by atoms with Gasteiger partial charge in [-0.3, -0.25) is 15.1 Å². The summed E-state index contributed by atoms with van der Waals surface area (Å²) in [5.74, 6) is 1.62. The molecule has 2 aromatic rings. The lowest BCUT2D eigenvalue weighted by atomic mass is 10.2. The predicted molar refractivity (Wildman–Crippen MR) is 107 cm³/mol. The molecule has 0 unspecified atom stereocenters. The van der Waals surface area contributed by atoms with Crippen LogP contribution in [0.3, 0.4) is 0 Å². The van der Waals surface area contributed by atoms with Gasteiger partial charge in [0.25, 0.3) is 5.69 Å². The second kappa shape index (κ2) is 10.0. The molecule has 2 rings (SSSR count). The summed E-state index contributed by atoms with van der Waals surface area (Å²) in [5, 5.41) is 17.2. The maximum atomic E-state index is 10.7. The number of guanidine groups is 1. The number of hydrogen-bond donors (Lipinski definition) is 2. The van der Waals surface area contributed by atoms with Crippen LogP contribution >= 0.6 is 0 Å². The van der Waals surface area contributed by atoms with Crippen LogP contribution in [0.4, 0.5) is 11.4 Å². The predicted octanol–water partition coefficient (Wildman–Crippen LogP) is 2.72. The van der Waals surface area contributed by atoms with Crippen molar-refractivity contribution in [1.82, 2.24) is 10.2 Å². The molecule has 0 aromatic heterocycles. The standard InChI is InChI=1S/C19H25N5O3/c1-20-19(23(2)14-15-4-10-18(27-3)11-5-15)22-13-12-21-16-6-8-17(9-7-16)24(25)26/h4-11,21H,12-14H2,1-3H3,(H,20,22). The Labute approximate surface area is 159 Å². The minimum Gasteiger partial charge on any atom is -0.497 e. The first-order chi connectivity index (χ1) is 13.0. The van der Waals surface area contributed by atoms with Crippen LogP contribution in [0.2, 0.25) is 0 Å². The SMILES string of the molecule is CN=C(NCCNc1ccc([N+](=O)[O-])cc1)N(C)Cc1ccc(OC)cc1. The van der Waals surface area contributed by atoms with Gasteiger partial charge in [0.05, 0.1) is 12.0 Å². The number of nitrogens with one attached hydrogen (secondary N) is 2. The molecular formula is C19H25N5O3. The van der Waals surface area contributed by atoms with Crippen LogP contribution in [0.5, 0.6) is 5.75 Å².